The molecular weight excluding hydrogens is 582 g/mol. The van der Waals surface area contributed by atoms with Gasteiger partial charge in [0.15, 0.2) is 0 Å². The average molecular weight is 618 g/mol. The van der Waals surface area contributed by atoms with Crippen LogP contribution in [0.25, 0.3) is 11.0 Å². The summed E-state index contributed by atoms with van der Waals surface area (Å²) >= 11 is 0. The van der Waals surface area contributed by atoms with Gasteiger partial charge < -0.3 is 15.4 Å². The number of anilines is 2. The van der Waals surface area contributed by atoms with Crippen molar-refractivity contribution >= 4 is 40.1 Å². The van der Waals surface area contributed by atoms with E-state index in [0.717, 1.165) is 32.1 Å². The van der Waals surface area contributed by atoms with E-state index in [1.54, 1.807) is 80.0 Å². The maximum atomic E-state index is 14.5. The number of aromatic nitrogens is 4. The molecule has 0 unspecified atom stereocenters. The molecule has 1 fully saturated rings. The number of nitrogens with zero attached hydrogens (tertiary/aromatic N) is 5. The second-order valence-corrected chi connectivity index (χ2v) is 11.2. The lowest BCUT2D eigenvalue weighted by atomic mass is 9.94. The monoisotopic (exact) mass is 617 g/mol. The van der Waals surface area contributed by atoms with Crippen molar-refractivity contribution in [3.8, 4) is 5.75 Å². The number of carbonyl (C=O) groups is 3. The molecule has 2 aromatic heterocycles. The molecule has 3 amide bonds. The van der Waals surface area contributed by atoms with Gasteiger partial charge in [-0.25, -0.2) is 4.68 Å². The molecule has 234 valence electrons. The molecule has 0 saturated heterocycles. The fraction of sp³-hybridized carbons (Fsp3) is 0.257. The van der Waals surface area contributed by atoms with E-state index in [2.05, 4.69) is 25.9 Å². The lowest BCUT2D eigenvalue weighted by Crippen LogP contribution is -2.48. The van der Waals surface area contributed by atoms with Gasteiger partial charge in [-0.15, -0.1) is 5.10 Å². The zero-order valence-corrected chi connectivity index (χ0v) is 25.5. The third-order valence-corrected chi connectivity index (χ3v) is 8.14. The molecule has 0 spiro atoms. The highest BCUT2D eigenvalue weighted by Crippen LogP contribution is 2.32. The molecule has 1 atom stereocenters. The largest absolute Gasteiger partial charge is 0.497 e. The molecule has 11 nitrogen and oxygen atoms in total. The van der Waals surface area contributed by atoms with Gasteiger partial charge >= 0.3 is 0 Å². The lowest BCUT2D eigenvalue weighted by Gasteiger charge is -2.33. The SMILES string of the molecule is COc1ccc([C@@H](C(=O)NC2CCCCC2)N(C(=O)Cn2nnc3ccccc32)c2cccc(NC(=O)c3ccccn3)c2)cc1. The first-order valence-electron chi connectivity index (χ1n) is 15.4. The molecule has 3 aromatic carbocycles. The third kappa shape index (κ3) is 6.88. The molecule has 2 N–H and O–H groups in total. The van der Waals surface area contributed by atoms with Gasteiger partial charge in [-0.1, -0.05) is 60.9 Å². The quantitative estimate of drug-likeness (QED) is 0.217. The maximum Gasteiger partial charge on any atom is 0.274 e. The second kappa shape index (κ2) is 14.0. The number of nitrogens with one attached hydrogen (secondary N) is 2. The van der Waals surface area contributed by atoms with Crippen molar-refractivity contribution < 1.29 is 19.1 Å². The Bertz CT molecular complexity index is 1820. The molecule has 1 aliphatic carbocycles. The Hall–Kier alpha value is -5.58. The Morgan fingerprint density at radius 2 is 1.72 bits per heavy atom. The fourth-order valence-corrected chi connectivity index (χ4v) is 5.83. The molecule has 0 bridgehead atoms. The number of pyridine rings is 1. The first kappa shape index (κ1) is 30.4. The van der Waals surface area contributed by atoms with E-state index in [1.807, 2.05) is 24.3 Å². The number of fused-ring (bicyclic) bond motifs is 1. The fourth-order valence-electron chi connectivity index (χ4n) is 5.83. The molecule has 46 heavy (non-hydrogen) atoms. The van der Waals surface area contributed by atoms with Gasteiger partial charge in [-0.3, -0.25) is 24.3 Å². The number of carbonyl (C=O) groups excluding carboxylic acids is 3. The van der Waals surface area contributed by atoms with Gasteiger partial charge in [-0.05, 0) is 73.0 Å². The second-order valence-electron chi connectivity index (χ2n) is 11.2. The minimum atomic E-state index is -1.03. The number of rotatable bonds is 10. The Balaban J connectivity index is 1.41. The summed E-state index contributed by atoms with van der Waals surface area (Å²) in [7, 11) is 1.57. The minimum absolute atomic E-state index is 0.0159. The Morgan fingerprint density at radius 1 is 0.935 bits per heavy atom. The summed E-state index contributed by atoms with van der Waals surface area (Å²) in [6.07, 6.45) is 6.53. The highest BCUT2D eigenvalue weighted by Gasteiger charge is 2.35. The van der Waals surface area contributed by atoms with Crippen LogP contribution in [0.1, 0.15) is 54.2 Å². The first-order chi connectivity index (χ1) is 22.5. The van der Waals surface area contributed by atoms with E-state index < -0.39 is 11.9 Å². The highest BCUT2D eigenvalue weighted by atomic mass is 16.5. The van der Waals surface area contributed by atoms with Gasteiger partial charge in [-0.2, -0.15) is 0 Å². The first-order valence-corrected chi connectivity index (χ1v) is 15.4. The van der Waals surface area contributed by atoms with Crippen LogP contribution < -0.4 is 20.3 Å². The van der Waals surface area contributed by atoms with Crippen molar-refractivity contribution in [2.24, 2.45) is 0 Å². The standard InChI is InChI=1S/C35H35N7O4/c1-46-28-19-17-24(18-20-28)33(35(45)37-25-10-3-2-4-11-25)42(32(43)23-41-31-16-6-5-14-29(31)39-40-41)27-13-9-12-26(22-27)38-34(44)30-15-7-8-21-36-30/h5-9,12-22,25,33H,2-4,10-11,23H2,1H3,(H,37,45)(H,38,44)/t33-/m0/s1. The van der Waals surface area contributed by atoms with Crippen LogP contribution in [0.3, 0.4) is 0 Å². The molecule has 1 aliphatic rings. The van der Waals surface area contributed by atoms with Crippen LogP contribution >= 0.6 is 0 Å². The average Bonchev–Trinajstić information content (AvgIpc) is 3.50. The number of hydrogen-bond acceptors (Lipinski definition) is 7. The molecule has 2 heterocycles. The molecular formula is C35H35N7O4. The van der Waals surface area contributed by atoms with E-state index in [1.165, 1.54) is 9.58 Å². The summed E-state index contributed by atoms with van der Waals surface area (Å²) in [5.74, 6) is -0.451. The van der Waals surface area contributed by atoms with Crippen molar-refractivity contribution in [1.29, 1.82) is 0 Å². The summed E-state index contributed by atoms with van der Waals surface area (Å²) in [6.45, 7) is -0.172. The van der Waals surface area contributed by atoms with Gasteiger partial charge in [0.1, 0.15) is 29.5 Å². The molecule has 6 rings (SSSR count). The summed E-state index contributed by atoms with van der Waals surface area (Å²) in [5, 5.41) is 14.5. The van der Waals surface area contributed by atoms with Crippen molar-refractivity contribution in [1.82, 2.24) is 25.3 Å². The third-order valence-electron chi connectivity index (χ3n) is 8.14. The zero-order chi connectivity index (χ0) is 31.9. The van der Waals surface area contributed by atoms with Crippen LogP contribution in [-0.4, -0.2) is 50.9 Å². The summed E-state index contributed by atoms with van der Waals surface area (Å²) < 4.78 is 6.91. The smallest absolute Gasteiger partial charge is 0.274 e. The normalized spacial score (nSPS) is 13.9. The Kier molecular flexibility index (Phi) is 9.28. The number of hydrogen-bond donors (Lipinski definition) is 2. The van der Waals surface area contributed by atoms with Crippen LogP contribution in [-0.2, 0) is 16.1 Å². The van der Waals surface area contributed by atoms with Gasteiger partial charge in [0.25, 0.3) is 5.91 Å². The topological polar surface area (TPSA) is 131 Å². The number of ether oxygens (including phenoxy) is 1. The van der Waals surface area contributed by atoms with Crippen LogP contribution in [0.4, 0.5) is 11.4 Å². The van der Waals surface area contributed by atoms with Crippen molar-refractivity contribution in [3.63, 3.8) is 0 Å². The molecule has 11 heteroatoms. The van der Waals surface area contributed by atoms with Crippen LogP contribution in [0.5, 0.6) is 5.75 Å². The molecule has 0 aliphatic heterocycles. The predicted octanol–water partition coefficient (Wildman–Crippen LogP) is 5.31. The van der Waals surface area contributed by atoms with E-state index in [4.69, 9.17) is 4.74 Å². The number of methoxy groups -OCH3 is 1. The molecule has 1 saturated carbocycles. The molecule has 0 radical (unpaired) electrons. The van der Waals surface area contributed by atoms with Crippen molar-refractivity contribution in [3.05, 3.63) is 108 Å². The Labute approximate surface area is 266 Å². The number of amides is 3. The number of benzene rings is 3. The minimum Gasteiger partial charge on any atom is -0.497 e. The van der Waals surface area contributed by atoms with Crippen LogP contribution in [0.15, 0.2) is 97.2 Å². The van der Waals surface area contributed by atoms with Gasteiger partial charge in [0.05, 0.1) is 12.6 Å². The van der Waals surface area contributed by atoms with E-state index in [9.17, 15) is 14.4 Å². The molecule has 5 aromatic rings. The maximum absolute atomic E-state index is 14.5. The summed E-state index contributed by atoms with van der Waals surface area (Å²) in [6, 6.07) is 25.5. The van der Waals surface area contributed by atoms with Gasteiger partial charge in [0.2, 0.25) is 11.8 Å². The van der Waals surface area contributed by atoms with Crippen LogP contribution in [0.2, 0.25) is 0 Å². The van der Waals surface area contributed by atoms with E-state index >= 15 is 0 Å². The van der Waals surface area contributed by atoms with Crippen molar-refractivity contribution in [2.45, 2.75) is 50.7 Å². The van der Waals surface area contributed by atoms with E-state index in [0.29, 0.717) is 33.7 Å². The summed E-state index contributed by atoms with van der Waals surface area (Å²) in [4.78, 5) is 47.4. The predicted molar refractivity (Wildman–Crippen MR) is 174 cm³/mol. The van der Waals surface area contributed by atoms with Gasteiger partial charge in [0, 0.05) is 23.6 Å². The van der Waals surface area contributed by atoms with E-state index in [-0.39, 0.29) is 30.1 Å². The summed E-state index contributed by atoms with van der Waals surface area (Å²) in [5.41, 5.74) is 3.07. The highest BCUT2D eigenvalue weighted by molar-refractivity contribution is 6.05. The zero-order valence-electron chi connectivity index (χ0n) is 25.5. The Morgan fingerprint density at radius 3 is 2.48 bits per heavy atom. The number of para-hydroxylation sites is 1. The lowest BCUT2D eigenvalue weighted by molar-refractivity contribution is -0.127. The van der Waals surface area contributed by atoms with Crippen molar-refractivity contribution in [2.75, 3.05) is 17.3 Å². The van der Waals surface area contributed by atoms with Crippen LogP contribution in [0, 0.1) is 0 Å².